The molecule has 4 nitrogen and oxygen atoms in total. The van der Waals surface area contributed by atoms with Gasteiger partial charge in [0.05, 0.1) is 10.9 Å². The average Bonchev–Trinajstić information content (AvgIpc) is 2.89. The zero-order valence-corrected chi connectivity index (χ0v) is 17.9. The van der Waals surface area contributed by atoms with Gasteiger partial charge in [-0.15, -0.1) is 6.58 Å². The number of halogens is 1. The van der Waals surface area contributed by atoms with Crippen LogP contribution in [0.1, 0.15) is 58.1 Å². The van der Waals surface area contributed by atoms with E-state index in [-0.39, 0.29) is 27.4 Å². The SMILES string of the molecule is C=CC(C)N1C(=O)S/C(=C/c2cc3c(cc2F)N(CC)C(C)(C)CC3C)C1=O. The third kappa shape index (κ3) is 3.39. The first-order valence-corrected chi connectivity index (χ1v) is 10.4. The molecule has 0 bridgehead atoms. The minimum Gasteiger partial charge on any atom is -0.366 e. The summed E-state index contributed by atoms with van der Waals surface area (Å²) in [7, 11) is 0. The number of rotatable bonds is 4. The summed E-state index contributed by atoms with van der Waals surface area (Å²) in [6.07, 6.45) is 4.01. The first-order valence-electron chi connectivity index (χ1n) is 9.61. The average molecular weight is 403 g/mol. The van der Waals surface area contributed by atoms with E-state index in [4.69, 9.17) is 0 Å². The largest absolute Gasteiger partial charge is 0.366 e. The van der Waals surface area contributed by atoms with Crippen molar-refractivity contribution in [1.82, 2.24) is 4.90 Å². The van der Waals surface area contributed by atoms with Gasteiger partial charge in [0.15, 0.2) is 0 Å². The molecule has 0 aromatic heterocycles. The van der Waals surface area contributed by atoms with Gasteiger partial charge in [-0.25, -0.2) is 4.39 Å². The quantitative estimate of drug-likeness (QED) is 0.489. The van der Waals surface area contributed by atoms with Crippen molar-refractivity contribution in [2.75, 3.05) is 11.4 Å². The highest BCUT2D eigenvalue weighted by molar-refractivity contribution is 8.18. The van der Waals surface area contributed by atoms with Gasteiger partial charge in [-0.1, -0.05) is 13.0 Å². The number of hydrogen-bond acceptors (Lipinski definition) is 4. The number of anilines is 1. The van der Waals surface area contributed by atoms with Crippen molar-refractivity contribution in [1.29, 1.82) is 0 Å². The van der Waals surface area contributed by atoms with Gasteiger partial charge in [0.2, 0.25) is 0 Å². The lowest BCUT2D eigenvalue weighted by atomic mass is 9.79. The summed E-state index contributed by atoms with van der Waals surface area (Å²) in [4.78, 5) is 28.4. The van der Waals surface area contributed by atoms with Gasteiger partial charge in [0.25, 0.3) is 11.1 Å². The number of fused-ring (bicyclic) bond motifs is 1. The number of nitrogens with zero attached hydrogens (tertiary/aromatic N) is 2. The highest BCUT2D eigenvalue weighted by atomic mass is 32.2. The molecule has 2 amide bonds. The predicted molar refractivity (Wildman–Crippen MR) is 114 cm³/mol. The molecule has 6 heteroatoms. The monoisotopic (exact) mass is 402 g/mol. The van der Waals surface area contributed by atoms with Gasteiger partial charge < -0.3 is 4.90 Å². The molecule has 3 rings (SSSR count). The highest BCUT2D eigenvalue weighted by Crippen LogP contribution is 2.44. The Kier molecular flexibility index (Phi) is 5.45. The molecule has 1 fully saturated rings. The number of imide groups is 1. The van der Waals surface area contributed by atoms with E-state index in [1.807, 2.05) is 6.07 Å². The lowest BCUT2D eigenvalue weighted by Crippen LogP contribution is -2.48. The molecule has 150 valence electrons. The standard InChI is InChI=1S/C22H27FN2O2S/c1-7-14(4)25-20(26)19(28-21(25)27)10-15-9-16-13(3)12-22(5,6)24(8-2)18(16)11-17(15)23/h7,9-11,13-14H,1,8,12H2,2-6H3/b19-10+. The van der Waals surface area contributed by atoms with Gasteiger partial charge in [-0.05, 0) is 75.6 Å². The van der Waals surface area contributed by atoms with E-state index in [0.29, 0.717) is 5.56 Å². The van der Waals surface area contributed by atoms with Crippen molar-refractivity contribution in [2.24, 2.45) is 0 Å². The van der Waals surface area contributed by atoms with Crippen LogP contribution in [-0.2, 0) is 4.79 Å². The number of carbonyl (C=O) groups is 2. The number of benzene rings is 1. The molecule has 2 aliphatic heterocycles. The second-order valence-corrected chi connectivity index (χ2v) is 9.12. The summed E-state index contributed by atoms with van der Waals surface area (Å²) in [6, 6.07) is 3.00. The number of carbonyl (C=O) groups excluding carboxylic acids is 2. The van der Waals surface area contributed by atoms with Crippen molar-refractivity contribution in [2.45, 2.75) is 58.5 Å². The summed E-state index contributed by atoms with van der Waals surface area (Å²) < 4.78 is 15.0. The Morgan fingerprint density at radius 3 is 2.68 bits per heavy atom. The second kappa shape index (κ2) is 7.39. The number of thioether (sulfide) groups is 1. The summed E-state index contributed by atoms with van der Waals surface area (Å²) in [5.74, 6) is -0.508. The van der Waals surface area contributed by atoms with Crippen LogP contribution in [0.15, 0.2) is 29.7 Å². The smallest absolute Gasteiger partial charge is 0.294 e. The molecule has 1 saturated heterocycles. The molecular formula is C22H27FN2O2S. The van der Waals surface area contributed by atoms with Crippen LogP contribution in [-0.4, -0.2) is 34.2 Å². The lowest BCUT2D eigenvalue weighted by Gasteiger charge is -2.47. The molecule has 0 aliphatic carbocycles. The molecular weight excluding hydrogens is 375 g/mol. The molecule has 1 aromatic carbocycles. The van der Waals surface area contributed by atoms with Crippen molar-refractivity contribution >= 4 is 34.7 Å². The van der Waals surface area contributed by atoms with E-state index in [0.717, 1.165) is 40.9 Å². The Labute approximate surface area is 170 Å². The van der Waals surface area contributed by atoms with Crippen LogP contribution in [0.4, 0.5) is 14.9 Å². The van der Waals surface area contributed by atoms with Crippen LogP contribution in [0, 0.1) is 5.82 Å². The molecule has 0 saturated carbocycles. The highest BCUT2D eigenvalue weighted by Gasteiger charge is 2.38. The molecule has 2 atom stereocenters. The topological polar surface area (TPSA) is 40.6 Å². The maximum atomic E-state index is 15.0. The fourth-order valence-electron chi connectivity index (χ4n) is 4.31. The van der Waals surface area contributed by atoms with E-state index in [2.05, 4.69) is 39.2 Å². The zero-order chi connectivity index (χ0) is 20.8. The third-order valence-corrected chi connectivity index (χ3v) is 6.56. The minimum atomic E-state index is -0.399. The number of hydrogen-bond donors (Lipinski definition) is 0. The van der Waals surface area contributed by atoms with Crippen molar-refractivity contribution < 1.29 is 14.0 Å². The van der Waals surface area contributed by atoms with Gasteiger partial charge >= 0.3 is 0 Å². The van der Waals surface area contributed by atoms with E-state index in [1.54, 1.807) is 19.1 Å². The molecule has 0 radical (unpaired) electrons. The molecule has 2 unspecified atom stereocenters. The fourth-order valence-corrected chi connectivity index (χ4v) is 5.21. The predicted octanol–water partition coefficient (Wildman–Crippen LogP) is 5.55. The zero-order valence-electron chi connectivity index (χ0n) is 17.1. The van der Waals surface area contributed by atoms with Crippen LogP contribution in [0.3, 0.4) is 0 Å². The molecule has 2 heterocycles. The maximum Gasteiger partial charge on any atom is 0.294 e. The van der Waals surface area contributed by atoms with E-state index < -0.39 is 11.9 Å². The van der Waals surface area contributed by atoms with E-state index in [9.17, 15) is 14.0 Å². The Hall–Kier alpha value is -2.08. The van der Waals surface area contributed by atoms with Gasteiger partial charge in [-0.2, -0.15) is 0 Å². The summed E-state index contributed by atoms with van der Waals surface area (Å²) in [6.45, 7) is 14.7. The normalized spacial score (nSPS) is 23.9. The van der Waals surface area contributed by atoms with Crippen molar-refractivity contribution in [3.05, 3.63) is 46.6 Å². The first kappa shape index (κ1) is 20.6. The molecule has 2 aliphatic rings. The fraction of sp³-hybridized carbons (Fsp3) is 0.455. The Balaban J connectivity index is 2.03. The summed E-state index contributed by atoms with van der Waals surface area (Å²) in [5, 5.41) is -0.353. The van der Waals surface area contributed by atoms with Crippen LogP contribution in [0.25, 0.3) is 6.08 Å². The number of amides is 2. The second-order valence-electron chi connectivity index (χ2n) is 8.12. The summed E-state index contributed by atoms with van der Waals surface area (Å²) >= 11 is 0.846. The molecule has 0 spiro atoms. The molecule has 28 heavy (non-hydrogen) atoms. The van der Waals surface area contributed by atoms with Crippen LogP contribution >= 0.6 is 11.8 Å². The van der Waals surface area contributed by atoms with E-state index in [1.165, 1.54) is 6.08 Å². The lowest BCUT2D eigenvalue weighted by molar-refractivity contribution is -0.123. The van der Waals surface area contributed by atoms with Crippen LogP contribution in [0.5, 0.6) is 0 Å². The minimum absolute atomic E-state index is 0.0431. The van der Waals surface area contributed by atoms with Crippen molar-refractivity contribution in [3.8, 4) is 0 Å². The van der Waals surface area contributed by atoms with E-state index >= 15 is 0 Å². The Morgan fingerprint density at radius 1 is 1.39 bits per heavy atom. The van der Waals surface area contributed by atoms with Crippen molar-refractivity contribution in [3.63, 3.8) is 0 Å². The first-order chi connectivity index (χ1) is 13.1. The van der Waals surface area contributed by atoms with Gasteiger partial charge in [0.1, 0.15) is 5.82 Å². The van der Waals surface area contributed by atoms with Gasteiger partial charge in [0, 0.05) is 23.3 Å². The third-order valence-electron chi connectivity index (χ3n) is 5.68. The van der Waals surface area contributed by atoms with Gasteiger partial charge in [-0.3, -0.25) is 14.5 Å². The molecule has 1 aromatic rings. The Morgan fingerprint density at radius 2 is 2.07 bits per heavy atom. The van der Waals surface area contributed by atoms with Crippen LogP contribution in [0.2, 0.25) is 0 Å². The molecule has 0 N–H and O–H groups in total. The maximum absolute atomic E-state index is 15.0. The van der Waals surface area contributed by atoms with Crippen LogP contribution < -0.4 is 4.90 Å². The summed E-state index contributed by atoms with van der Waals surface area (Å²) in [5.41, 5.74) is 2.29. The Bertz CT molecular complexity index is 878.